The Morgan fingerprint density at radius 2 is 1.96 bits per heavy atom. The summed E-state index contributed by atoms with van der Waals surface area (Å²) in [5.41, 5.74) is 3.28. The van der Waals surface area contributed by atoms with Gasteiger partial charge in [0, 0.05) is 37.1 Å². The smallest absolute Gasteiger partial charge is 0.228 e. The maximum Gasteiger partial charge on any atom is 0.228 e. The van der Waals surface area contributed by atoms with Gasteiger partial charge in [-0.15, -0.1) is 0 Å². The molecule has 0 fully saturated rings. The minimum Gasteiger partial charge on any atom is -0.356 e. The number of aromatic nitrogens is 2. The Morgan fingerprint density at radius 1 is 1.15 bits per heavy atom. The van der Waals surface area contributed by atoms with Gasteiger partial charge in [-0.3, -0.25) is 4.99 Å². The minimum atomic E-state index is 0.536. The third-order valence-electron chi connectivity index (χ3n) is 3.99. The van der Waals surface area contributed by atoms with Crippen LogP contribution in [0.5, 0.6) is 0 Å². The van der Waals surface area contributed by atoms with Gasteiger partial charge >= 0.3 is 0 Å². The topological polar surface area (TPSA) is 75.3 Å². The predicted octanol–water partition coefficient (Wildman–Crippen LogP) is 3.61. The molecule has 0 aliphatic carbocycles. The fourth-order valence-corrected chi connectivity index (χ4v) is 2.69. The SMILES string of the molecule is CN=C(NCCc1nc(-c2cccc(Cl)c2)no1)NCc1ccc(C)cc1. The summed E-state index contributed by atoms with van der Waals surface area (Å²) in [5.74, 6) is 1.82. The summed E-state index contributed by atoms with van der Waals surface area (Å²) in [4.78, 5) is 8.64. The number of aliphatic imine (C=N–C) groups is 1. The van der Waals surface area contributed by atoms with E-state index in [1.165, 1.54) is 11.1 Å². The van der Waals surface area contributed by atoms with Crippen LogP contribution < -0.4 is 10.6 Å². The van der Waals surface area contributed by atoms with Crippen molar-refractivity contribution in [2.24, 2.45) is 4.99 Å². The van der Waals surface area contributed by atoms with Gasteiger partial charge in [0.1, 0.15) is 0 Å². The number of aryl methyl sites for hydroxylation is 1. The van der Waals surface area contributed by atoms with Crippen molar-refractivity contribution in [3.8, 4) is 11.4 Å². The van der Waals surface area contributed by atoms with Gasteiger partial charge in [-0.1, -0.05) is 58.7 Å². The minimum absolute atomic E-state index is 0.536. The molecule has 27 heavy (non-hydrogen) atoms. The molecule has 2 aromatic carbocycles. The molecule has 6 nitrogen and oxygen atoms in total. The monoisotopic (exact) mass is 383 g/mol. The molecule has 0 aliphatic rings. The zero-order valence-corrected chi connectivity index (χ0v) is 16.1. The maximum atomic E-state index is 6.00. The summed E-state index contributed by atoms with van der Waals surface area (Å²) in [6.07, 6.45) is 0.596. The number of rotatable bonds is 6. The van der Waals surface area contributed by atoms with Gasteiger partial charge in [-0.2, -0.15) is 4.98 Å². The van der Waals surface area contributed by atoms with E-state index in [0.717, 1.165) is 11.5 Å². The molecule has 0 radical (unpaired) electrons. The van der Waals surface area contributed by atoms with E-state index in [1.54, 1.807) is 7.05 Å². The van der Waals surface area contributed by atoms with Crippen molar-refractivity contribution >= 4 is 17.6 Å². The Hall–Kier alpha value is -2.86. The van der Waals surface area contributed by atoms with E-state index in [0.29, 0.717) is 36.2 Å². The fourth-order valence-electron chi connectivity index (χ4n) is 2.50. The molecule has 0 bridgehead atoms. The molecule has 140 valence electrons. The van der Waals surface area contributed by atoms with E-state index in [4.69, 9.17) is 16.1 Å². The van der Waals surface area contributed by atoms with E-state index in [2.05, 4.69) is 57.0 Å². The molecule has 0 aliphatic heterocycles. The standard InChI is InChI=1S/C20H22ClN5O/c1-14-6-8-15(9-7-14)13-24-20(22-2)23-11-10-18-25-19(26-27-18)16-4-3-5-17(21)12-16/h3-9,12H,10-11,13H2,1-2H3,(H2,22,23,24). The van der Waals surface area contributed by atoms with Crippen LogP contribution in [0, 0.1) is 6.92 Å². The number of nitrogens with zero attached hydrogens (tertiary/aromatic N) is 3. The first kappa shape index (κ1) is 18.9. The fraction of sp³-hybridized carbons (Fsp3) is 0.250. The van der Waals surface area contributed by atoms with Crippen LogP contribution in [0.1, 0.15) is 17.0 Å². The molecule has 3 rings (SSSR count). The molecular formula is C20H22ClN5O. The lowest BCUT2D eigenvalue weighted by molar-refractivity contribution is 0.378. The van der Waals surface area contributed by atoms with E-state index in [1.807, 2.05) is 24.3 Å². The second kappa shape index (κ2) is 9.19. The Labute approximate surface area is 163 Å². The lowest BCUT2D eigenvalue weighted by Crippen LogP contribution is -2.37. The first-order valence-corrected chi connectivity index (χ1v) is 9.10. The van der Waals surface area contributed by atoms with E-state index in [9.17, 15) is 0 Å². The number of nitrogens with one attached hydrogen (secondary N) is 2. The summed E-state index contributed by atoms with van der Waals surface area (Å²) in [6, 6.07) is 15.8. The maximum absolute atomic E-state index is 6.00. The molecule has 1 heterocycles. The molecule has 3 aromatic rings. The van der Waals surface area contributed by atoms with E-state index in [-0.39, 0.29) is 0 Å². The molecule has 7 heteroatoms. The molecule has 0 amide bonds. The van der Waals surface area contributed by atoms with E-state index < -0.39 is 0 Å². The second-order valence-electron chi connectivity index (χ2n) is 6.11. The first-order valence-electron chi connectivity index (χ1n) is 8.72. The predicted molar refractivity (Wildman–Crippen MR) is 108 cm³/mol. The zero-order valence-electron chi connectivity index (χ0n) is 15.4. The molecule has 1 aromatic heterocycles. The molecule has 0 unspecified atom stereocenters. The molecule has 2 N–H and O–H groups in total. The van der Waals surface area contributed by atoms with Crippen molar-refractivity contribution in [3.05, 3.63) is 70.6 Å². The lowest BCUT2D eigenvalue weighted by atomic mass is 10.1. The quantitative estimate of drug-likeness (QED) is 0.502. The number of benzene rings is 2. The van der Waals surface area contributed by atoms with Gasteiger partial charge in [0.15, 0.2) is 5.96 Å². The summed E-state index contributed by atoms with van der Waals surface area (Å²) >= 11 is 6.00. The van der Waals surface area contributed by atoms with Crippen LogP contribution >= 0.6 is 11.6 Å². The van der Waals surface area contributed by atoms with Crippen LogP contribution in [0.25, 0.3) is 11.4 Å². The highest BCUT2D eigenvalue weighted by molar-refractivity contribution is 6.30. The van der Waals surface area contributed by atoms with Gasteiger partial charge in [0.05, 0.1) is 0 Å². The van der Waals surface area contributed by atoms with Crippen LogP contribution in [0.15, 0.2) is 58.0 Å². The van der Waals surface area contributed by atoms with Crippen molar-refractivity contribution < 1.29 is 4.52 Å². The highest BCUT2D eigenvalue weighted by atomic mass is 35.5. The summed E-state index contributed by atoms with van der Waals surface area (Å²) < 4.78 is 5.31. The van der Waals surface area contributed by atoms with Crippen LogP contribution in [0.2, 0.25) is 5.02 Å². The van der Waals surface area contributed by atoms with Crippen LogP contribution in [-0.2, 0) is 13.0 Å². The molecular weight excluding hydrogens is 362 g/mol. The largest absolute Gasteiger partial charge is 0.356 e. The molecule has 0 atom stereocenters. The molecule has 0 spiro atoms. The van der Waals surface area contributed by atoms with Crippen LogP contribution in [0.3, 0.4) is 0 Å². The summed E-state index contributed by atoms with van der Waals surface area (Å²) in [5, 5.41) is 11.2. The molecule has 0 saturated carbocycles. The molecule has 0 saturated heterocycles. The van der Waals surface area contributed by atoms with Crippen molar-refractivity contribution in [1.29, 1.82) is 0 Å². The van der Waals surface area contributed by atoms with Gasteiger partial charge in [0.2, 0.25) is 11.7 Å². The number of hydrogen-bond donors (Lipinski definition) is 2. The van der Waals surface area contributed by atoms with Gasteiger partial charge in [0.25, 0.3) is 0 Å². The van der Waals surface area contributed by atoms with Gasteiger partial charge in [-0.05, 0) is 24.6 Å². The van der Waals surface area contributed by atoms with Gasteiger partial charge in [-0.25, -0.2) is 0 Å². The summed E-state index contributed by atoms with van der Waals surface area (Å²) in [7, 11) is 1.74. The Balaban J connectivity index is 1.47. The zero-order chi connectivity index (χ0) is 19.1. The Morgan fingerprint density at radius 3 is 2.70 bits per heavy atom. The third-order valence-corrected chi connectivity index (χ3v) is 4.22. The van der Waals surface area contributed by atoms with E-state index >= 15 is 0 Å². The lowest BCUT2D eigenvalue weighted by Gasteiger charge is -2.11. The Kier molecular flexibility index (Phi) is 6.44. The Bertz CT molecular complexity index is 905. The number of guanidine groups is 1. The number of hydrogen-bond acceptors (Lipinski definition) is 4. The van der Waals surface area contributed by atoms with Crippen LogP contribution in [0.4, 0.5) is 0 Å². The highest BCUT2D eigenvalue weighted by Gasteiger charge is 2.09. The average molecular weight is 384 g/mol. The number of halogens is 1. The van der Waals surface area contributed by atoms with Crippen molar-refractivity contribution in [2.45, 2.75) is 19.9 Å². The van der Waals surface area contributed by atoms with Crippen molar-refractivity contribution in [3.63, 3.8) is 0 Å². The second-order valence-corrected chi connectivity index (χ2v) is 6.55. The first-order chi connectivity index (χ1) is 13.1. The highest BCUT2D eigenvalue weighted by Crippen LogP contribution is 2.19. The van der Waals surface area contributed by atoms with Crippen LogP contribution in [-0.4, -0.2) is 29.7 Å². The van der Waals surface area contributed by atoms with Crippen molar-refractivity contribution in [2.75, 3.05) is 13.6 Å². The summed E-state index contributed by atoms with van der Waals surface area (Å²) in [6.45, 7) is 3.41. The normalized spacial score (nSPS) is 11.4. The third kappa shape index (κ3) is 5.56. The van der Waals surface area contributed by atoms with Gasteiger partial charge < -0.3 is 15.2 Å². The average Bonchev–Trinajstić information content (AvgIpc) is 3.15. The van der Waals surface area contributed by atoms with Crippen molar-refractivity contribution in [1.82, 2.24) is 20.8 Å².